The molecule has 0 unspecified atom stereocenters. The minimum atomic E-state index is -0.911. The third-order valence-electron chi connectivity index (χ3n) is 3.54. The van der Waals surface area contributed by atoms with Gasteiger partial charge in [-0.25, -0.2) is 0 Å². The molecule has 1 rings (SSSR count). The van der Waals surface area contributed by atoms with Crippen molar-refractivity contribution in [1.82, 2.24) is 0 Å². The zero-order valence-electron chi connectivity index (χ0n) is 15.3. The van der Waals surface area contributed by atoms with Crippen LogP contribution in [0, 0.1) is 6.42 Å². The Morgan fingerprint density at radius 3 is 2.44 bits per heavy atom. The number of carbonyl (C=O) groups is 1. The summed E-state index contributed by atoms with van der Waals surface area (Å²) >= 11 is 0. The minimum Gasteiger partial charge on any atom is -0.390 e. The second kappa shape index (κ2) is 19.1. The van der Waals surface area contributed by atoms with Crippen LogP contribution in [0.1, 0.15) is 57.1 Å². The average molecular weight is 570 g/mol. The van der Waals surface area contributed by atoms with Gasteiger partial charge in [0.05, 0.1) is 12.2 Å². The maximum absolute atomic E-state index is 10.9. The molecule has 0 saturated carbocycles. The molecule has 0 aliphatic heterocycles. The molecule has 6 heteroatoms. The topological polar surface area (TPSA) is 57.5 Å². The van der Waals surface area contributed by atoms with E-state index in [2.05, 4.69) is 13.3 Å². The van der Waals surface area contributed by atoms with Crippen molar-refractivity contribution in [1.29, 1.82) is 0 Å². The Morgan fingerprint density at radius 2 is 1.84 bits per heavy atom. The van der Waals surface area contributed by atoms with Crippen molar-refractivity contribution in [2.45, 2.75) is 58.2 Å². The van der Waals surface area contributed by atoms with Crippen molar-refractivity contribution in [3.05, 3.63) is 47.9 Å². The van der Waals surface area contributed by atoms with Crippen molar-refractivity contribution in [3.8, 4) is 0 Å². The first-order valence-electron chi connectivity index (χ1n) is 8.00. The van der Waals surface area contributed by atoms with E-state index in [1.54, 1.807) is 6.08 Å². The Bertz CT molecular complexity index is 493. The number of unbranched alkanes of at least 4 members (excludes halogenated alkanes) is 1. The molecule has 0 saturated heterocycles. The SMILES string of the molecule is CCC[CH-]c1ccccc1/C=C/[C@@H](O)[C@@H](O)CCCC(C)=O.[Y].[Y].[Y]. The van der Waals surface area contributed by atoms with Gasteiger partial charge < -0.3 is 15.0 Å². The van der Waals surface area contributed by atoms with Gasteiger partial charge in [0.1, 0.15) is 5.78 Å². The van der Waals surface area contributed by atoms with E-state index in [1.165, 1.54) is 6.92 Å². The van der Waals surface area contributed by atoms with Gasteiger partial charge in [0, 0.05) is 105 Å². The maximum atomic E-state index is 10.9. The molecule has 0 bridgehead atoms. The Labute approximate surface area is 227 Å². The number of benzene rings is 1. The fourth-order valence-corrected chi connectivity index (χ4v) is 2.21. The van der Waals surface area contributed by atoms with Crippen molar-refractivity contribution in [2.75, 3.05) is 0 Å². The molecule has 2 atom stereocenters. The molecule has 0 aliphatic rings. The van der Waals surface area contributed by atoms with Gasteiger partial charge in [0.2, 0.25) is 0 Å². The molecule has 2 N–H and O–H groups in total. The summed E-state index contributed by atoms with van der Waals surface area (Å²) in [5, 5.41) is 19.9. The van der Waals surface area contributed by atoms with E-state index in [4.69, 9.17) is 0 Å². The van der Waals surface area contributed by atoms with Gasteiger partial charge in [0.25, 0.3) is 0 Å². The van der Waals surface area contributed by atoms with Gasteiger partial charge in [-0.2, -0.15) is 18.1 Å². The van der Waals surface area contributed by atoms with Gasteiger partial charge >= 0.3 is 0 Å². The fourth-order valence-electron chi connectivity index (χ4n) is 2.21. The molecule has 0 aliphatic carbocycles. The monoisotopic (exact) mass is 570 g/mol. The summed E-state index contributed by atoms with van der Waals surface area (Å²) in [5.41, 5.74) is 2.17. The number of aliphatic hydroxyl groups excluding tert-OH is 2. The molecule has 1 aromatic carbocycles. The van der Waals surface area contributed by atoms with Crippen molar-refractivity contribution < 1.29 is 113 Å². The van der Waals surface area contributed by atoms with Gasteiger partial charge in [0.15, 0.2) is 0 Å². The first-order valence-corrected chi connectivity index (χ1v) is 8.00. The van der Waals surface area contributed by atoms with Crippen LogP contribution in [-0.4, -0.2) is 28.2 Å². The van der Waals surface area contributed by atoms with Crippen LogP contribution in [0.25, 0.3) is 6.08 Å². The van der Waals surface area contributed by atoms with E-state index in [9.17, 15) is 15.0 Å². The van der Waals surface area contributed by atoms with Crippen LogP contribution in [-0.2, 0) is 103 Å². The van der Waals surface area contributed by atoms with Crippen LogP contribution >= 0.6 is 0 Å². The maximum Gasteiger partial charge on any atom is 0.129 e. The molecule has 0 spiro atoms. The number of carbonyl (C=O) groups excluding carboxylic acids is 1. The van der Waals surface area contributed by atoms with E-state index in [0.29, 0.717) is 19.3 Å². The van der Waals surface area contributed by atoms with E-state index >= 15 is 0 Å². The Hall–Kier alpha value is 1.73. The largest absolute Gasteiger partial charge is 0.390 e. The van der Waals surface area contributed by atoms with E-state index in [1.807, 2.05) is 30.3 Å². The van der Waals surface area contributed by atoms with E-state index in [-0.39, 0.29) is 104 Å². The number of rotatable bonds is 10. The molecule has 0 aromatic heterocycles. The summed E-state index contributed by atoms with van der Waals surface area (Å²) in [5.74, 6) is 0.109. The molecule has 0 amide bonds. The van der Waals surface area contributed by atoms with Crippen LogP contribution in [0.15, 0.2) is 30.3 Å². The normalized spacial score (nSPS) is 12.3. The summed E-state index contributed by atoms with van der Waals surface area (Å²) in [6.07, 6.45) is 7.48. The van der Waals surface area contributed by atoms with Crippen LogP contribution in [0.3, 0.4) is 0 Å². The molecule has 0 heterocycles. The number of ketones is 1. The molecule has 131 valence electrons. The standard InChI is InChI=1S/C19H27O3.3Y/c1-3-4-9-16-10-5-6-11-17(16)13-14-19(22)18(21)12-7-8-15(2)20;;;/h5-6,9-11,13-14,18-19,21-22H,3-4,7-8,12H2,1-2H3;;;/q-1;;;/b14-13+;;;/t18-,19+;;;/m0.../s1. The predicted molar refractivity (Wildman–Crippen MR) is 90.3 cm³/mol. The molecule has 3 nitrogen and oxygen atoms in total. The Balaban J connectivity index is -0.00000161. The molecule has 0 fully saturated rings. The average Bonchev–Trinajstić information content (AvgIpc) is 2.50. The van der Waals surface area contributed by atoms with Crippen molar-refractivity contribution in [2.24, 2.45) is 0 Å². The summed E-state index contributed by atoms with van der Waals surface area (Å²) in [6.45, 7) is 3.67. The van der Waals surface area contributed by atoms with Crippen molar-refractivity contribution in [3.63, 3.8) is 0 Å². The summed E-state index contributed by atoms with van der Waals surface area (Å²) in [6, 6.07) is 7.99. The number of aliphatic hydroxyl groups is 2. The first-order chi connectivity index (χ1) is 10.5. The fraction of sp³-hybridized carbons (Fsp3) is 0.474. The molecular formula is C19H27O3Y3-. The predicted octanol–water partition coefficient (Wildman–Crippen LogP) is 3.53. The smallest absolute Gasteiger partial charge is 0.129 e. The molecule has 3 radical (unpaired) electrons. The third kappa shape index (κ3) is 14.4. The van der Waals surface area contributed by atoms with Crippen LogP contribution in [0.2, 0.25) is 0 Å². The summed E-state index contributed by atoms with van der Waals surface area (Å²) < 4.78 is 0. The molecular weight excluding hydrogens is 543 g/mol. The molecule has 1 aromatic rings. The Morgan fingerprint density at radius 1 is 1.20 bits per heavy atom. The molecule has 25 heavy (non-hydrogen) atoms. The van der Waals surface area contributed by atoms with E-state index in [0.717, 1.165) is 24.0 Å². The van der Waals surface area contributed by atoms with Crippen LogP contribution in [0.5, 0.6) is 0 Å². The van der Waals surface area contributed by atoms with E-state index < -0.39 is 12.2 Å². The number of Topliss-reactive ketones (excluding diaryl/α,β-unsaturated/α-hetero) is 1. The van der Waals surface area contributed by atoms with Gasteiger partial charge in [-0.1, -0.05) is 31.9 Å². The number of hydrogen-bond acceptors (Lipinski definition) is 3. The second-order valence-electron chi connectivity index (χ2n) is 5.63. The zero-order valence-corrected chi connectivity index (χ0v) is 23.8. The zero-order chi connectivity index (χ0) is 16.4. The second-order valence-corrected chi connectivity index (χ2v) is 5.63. The van der Waals surface area contributed by atoms with Crippen molar-refractivity contribution >= 4 is 11.9 Å². The first kappa shape index (κ1) is 31.4. The van der Waals surface area contributed by atoms with Crippen LogP contribution < -0.4 is 0 Å². The van der Waals surface area contributed by atoms with Gasteiger partial charge in [-0.05, 0) is 19.8 Å². The Kier molecular flexibility index (Phi) is 24.0. The number of hydrogen-bond donors (Lipinski definition) is 2. The quantitative estimate of drug-likeness (QED) is 0.424. The van der Waals surface area contributed by atoms with Crippen LogP contribution in [0.4, 0.5) is 0 Å². The minimum absolute atomic E-state index is 0. The van der Waals surface area contributed by atoms with Gasteiger partial charge in [-0.3, -0.25) is 0 Å². The van der Waals surface area contributed by atoms with Gasteiger partial charge in [-0.15, -0.1) is 23.8 Å². The summed E-state index contributed by atoms with van der Waals surface area (Å²) in [4.78, 5) is 10.9. The summed E-state index contributed by atoms with van der Waals surface area (Å²) in [7, 11) is 0. The third-order valence-corrected chi connectivity index (χ3v) is 3.54.